The summed E-state index contributed by atoms with van der Waals surface area (Å²) >= 11 is 0. The Bertz CT molecular complexity index is 323. The van der Waals surface area contributed by atoms with E-state index in [0.29, 0.717) is 0 Å². The molecule has 1 fully saturated rings. The van der Waals surface area contributed by atoms with Gasteiger partial charge in [0.2, 0.25) is 0 Å². The largest absolute Gasteiger partial charge is 0.325 e. The second-order valence-electron chi connectivity index (χ2n) is 5.44. The highest BCUT2D eigenvalue weighted by Gasteiger charge is 2.28. The molecule has 0 aromatic carbocycles. The minimum atomic E-state index is 0.00773. The smallest absolute Gasteiger partial charge is 0.0300 e. The van der Waals surface area contributed by atoms with Crippen LogP contribution in [-0.4, -0.2) is 10.5 Å². The molecule has 1 aromatic rings. The number of hydrogen-bond acceptors (Lipinski definition) is 2. The number of pyridine rings is 1. The summed E-state index contributed by atoms with van der Waals surface area (Å²) in [7, 11) is 0. The molecule has 0 amide bonds. The Morgan fingerprint density at radius 2 is 2.31 bits per heavy atom. The van der Waals surface area contributed by atoms with Gasteiger partial charge in [0.15, 0.2) is 0 Å². The van der Waals surface area contributed by atoms with Gasteiger partial charge >= 0.3 is 0 Å². The standard InChI is InChI=1S/C14H22N2/c1-12-4-2-7-14(15,8-6-12)10-13-5-3-9-16-11-13/h3,5,9,11-12H,2,4,6-8,10,15H2,1H3. The summed E-state index contributed by atoms with van der Waals surface area (Å²) in [6.45, 7) is 2.34. The third-order valence-electron chi connectivity index (χ3n) is 3.79. The Kier molecular flexibility index (Phi) is 3.59. The predicted molar refractivity (Wildman–Crippen MR) is 67.1 cm³/mol. The number of nitrogens with zero attached hydrogens (tertiary/aromatic N) is 1. The fourth-order valence-electron chi connectivity index (χ4n) is 2.69. The summed E-state index contributed by atoms with van der Waals surface area (Å²) in [5.41, 5.74) is 7.81. The molecule has 0 bridgehead atoms. The first-order valence-corrected chi connectivity index (χ1v) is 6.36. The summed E-state index contributed by atoms with van der Waals surface area (Å²) in [5, 5.41) is 0. The van der Waals surface area contributed by atoms with Crippen molar-refractivity contribution in [2.24, 2.45) is 11.7 Å². The van der Waals surface area contributed by atoms with Gasteiger partial charge in [0.25, 0.3) is 0 Å². The van der Waals surface area contributed by atoms with E-state index in [9.17, 15) is 0 Å². The fourth-order valence-corrected chi connectivity index (χ4v) is 2.69. The second-order valence-corrected chi connectivity index (χ2v) is 5.44. The third-order valence-corrected chi connectivity index (χ3v) is 3.79. The molecular weight excluding hydrogens is 196 g/mol. The lowest BCUT2D eigenvalue weighted by Crippen LogP contribution is -2.41. The zero-order chi connectivity index (χ0) is 11.4. The average Bonchev–Trinajstić information content (AvgIpc) is 2.43. The Morgan fingerprint density at radius 3 is 3.06 bits per heavy atom. The van der Waals surface area contributed by atoms with Gasteiger partial charge in [-0.1, -0.05) is 25.8 Å². The van der Waals surface area contributed by atoms with Crippen molar-refractivity contribution >= 4 is 0 Å². The van der Waals surface area contributed by atoms with Gasteiger partial charge in [0.1, 0.15) is 0 Å². The Balaban J connectivity index is 2.02. The molecule has 2 atom stereocenters. The average molecular weight is 218 g/mol. The van der Waals surface area contributed by atoms with Gasteiger partial charge in [0.05, 0.1) is 0 Å². The molecule has 1 aliphatic rings. The number of aromatic nitrogens is 1. The zero-order valence-electron chi connectivity index (χ0n) is 10.2. The van der Waals surface area contributed by atoms with Crippen LogP contribution in [0.2, 0.25) is 0 Å². The first-order valence-electron chi connectivity index (χ1n) is 6.36. The monoisotopic (exact) mass is 218 g/mol. The molecule has 0 aliphatic heterocycles. The maximum absolute atomic E-state index is 6.53. The van der Waals surface area contributed by atoms with Crippen molar-refractivity contribution in [3.63, 3.8) is 0 Å². The second kappa shape index (κ2) is 4.96. The van der Waals surface area contributed by atoms with Gasteiger partial charge in [0, 0.05) is 17.9 Å². The van der Waals surface area contributed by atoms with E-state index < -0.39 is 0 Å². The summed E-state index contributed by atoms with van der Waals surface area (Å²) in [5.74, 6) is 0.847. The van der Waals surface area contributed by atoms with Crippen LogP contribution in [-0.2, 0) is 6.42 Å². The number of rotatable bonds is 2. The van der Waals surface area contributed by atoms with Crippen LogP contribution in [0.25, 0.3) is 0 Å². The molecule has 2 N–H and O–H groups in total. The van der Waals surface area contributed by atoms with Gasteiger partial charge in [-0.05, 0) is 43.2 Å². The van der Waals surface area contributed by atoms with Crippen LogP contribution < -0.4 is 5.73 Å². The molecule has 2 heteroatoms. The van der Waals surface area contributed by atoms with Crippen molar-refractivity contribution in [3.05, 3.63) is 30.1 Å². The van der Waals surface area contributed by atoms with Crippen LogP contribution in [0.1, 0.15) is 44.6 Å². The van der Waals surface area contributed by atoms with Gasteiger partial charge in [-0.15, -0.1) is 0 Å². The summed E-state index contributed by atoms with van der Waals surface area (Å²) in [4.78, 5) is 4.16. The molecule has 88 valence electrons. The summed E-state index contributed by atoms with van der Waals surface area (Å²) < 4.78 is 0. The SMILES string of the molecule is CC1CCCC(N)(Cc2cccnc2)CC1. The van der Waals surface area contributed by atoms with E-state index in [1.54, 1.807) is 0 Å². The molecule has 0 radical (unpaired) electrons. The third kappa shape index (κ3) is 3.05. The molecule has 0 saturated heterocycles. The van der Waals surface area contributed by atoms with Gasteiger partial charge in [-0.3, -0.25) is 4.98 Å². The van der Waals surface area contributed by atoms with E-state index in [1.807, 2.05) is 18.5 Å². The van der Waals surface area contributed by atoms with Gasteiger partial charge in [-0.2, -0.15) is 0 Å². The van der Waals surface area contributed by atoms with Crippen LogP contribution in [0.3, 0.4) is 0 Å². The van der Waals surface area contributed by atoms with E-state index in [1.165, 1.54) is 24.8 Å². The molecule has 0 spiro atoms. The van der Waals surface area contributed by atoms with Gasteiger partial charge in [-0.25, -0.2) is 0 Å². The van der Waals surface area contributed by atoms with E-state index in [4.69, 9.17) is 5.73 Å². The lowest BCUT2D eigenvalue weighted by atomic mass is 9.85. The molecule has 1 aliphatic carbocycles. The molecule has 2 unspecified atom stereocenters. The maximum Gasteiger partial charge on any atom is 0.0300 e. The maximum atomic E-state index is 6.53. The molecule has 1 saturated carbocycles. The van der Waals surface area contributed by atoms with Crippen molar-refractivity contribution < 1.29 is 0 Å². The number of hydrogen-bond donors (Lipinski definition) is 1. The lowest BCUT2D eigenvalue weighted by Gasteiger charge is -2.28. The van der Waals surface area contributed by atoms with Crippen molar-refractivity contribution in [3.8, 4) is 0 Å². The highest BCUT2D eigenvalue weighted by Crippen LogP contribution is 2.30. The fraction of sp³-hybridized carbons (Fsp3) is 0.643. The minimum absolute atomic E-state index is 0.00773. The van der Waals surface area contributed by atoms with E-state index in [2.05, 4.69) is 18.0 Å². The molecule has 2 nitrogen and oxygen atoms in total. The normalized spacial score (nSPS) is 31.0. The van der Waals surface area contributed by atoms with E-state index in [-0.39, 0.29) is 5.54 Å². The predicted octanol–water partition coefficient (Wildman–Crippen LogP) is 2.92. The Hall–Kier alpha value is -0.890. The van der Waals surface area contributed by atoms with Gasteiger partial charge < -0.3 is 5.73 Å². The lowest BCUT2D eigenvalue weighted by molar-refractivity contribution is 0.363. The first-order chi connectivity index (χ1) is 7.68. The molecule has 1 heterocycles. The van der Waals surface area contributed by atoms with Crippen LogP contribution >= 0.6 is 0 Å². The molecule has 16 heavy (non-hydrogen) atoms. The van der Waals surface area contributed by atoms with Crippen molar-refractivity contribution in [1.29, 1.82) is 0 Å². The zero-order valence-corrected chi connectivity index (χ0v) is 10.2. The van der Waals surface area contributed by atoms with Crippen LogP contribution in [0.4, 0.5) is 0 Å². The highest BCUT2D eigenvalue weighted by molar-refractivity contribution is 5.13. The van der Waals surface area contributed by atoms with Crippen molar-refractivity contribution in [1.82, 2.24) is 4.98 Å². The topological polar surface area (TPSA) is 38.9 Å². The van der Waals surface area contributed by atoms with E-state index in [0.717, 1.165) is 25.2 Å². The quantitative estimate of drug-likeness (QED) is 0.775. The van der Waals surface area contributed by atoms with Crippen LogP contribution in [0.5, 0.6) is 0 Å². The van der Waals surface area contributed by atoms with E-state index >= 15 is 0 Å². The summed E-state index contributed by atoms with van der Waals surface area (Å²) in [6, 6.07) is 4.13. The molecule has 2 rings (SSSR count). The minimum Gasteiger partial charge on any atom is -0.325 e. The number of nitrogens with two attached hydrogens (primary N) is 1. The first kappa shape index (κ1) is 11.6. The molecule has 1 aromatic heterocycles. The van der Waals surface area contributed by atoms with Crippen molar-refractivity contribution in [2.45, 2.75) is 51.0 Å². The highest BCUT2D eigenvalue weighted by atomic mass is 14.7. The molecular formula is C14H22N2. The Morgan fingerprint density at radius 1 is 1.44 bits per heavy atom. The van der Waals surface area contributed by atoms with Crippen LogP contribution in [0.15, 0.2) is 24.5 Å². The van der Waals surface area contributed by atoms with Crippen LogP contribution in [0, 0.1) is 5.92 Å². The summed E-state index contributed by atoms with van der Waals surface area (Å²) in [6.07, 6.45) is 11.0. The Labute approximate surface area is 98.3 Å². The van der Waals surface area contributed by atoms with Crippen molar-refractivity contribution in [2.75, 3.05) is 0 Å².